The number of aromatic hydroxyl groups is 1. The van der Waals surface area contributed by atoms with Crippen molar-refractivity contribution in [3.05, 3.63) is 58.4 Å². The molecule has 8 nitrogen and oxygen atoms in total. The van der Waals surface area contributed by atoms with E-state index < -0.39 is 10.8 Å². The van der Waals surface area contributed by atoms with Gasteiger partial charge in [-0.25, -0.2) is 4.98 Å². The number of nitro groups is 1. The van der Waals surface area contributed by atoms with Gasteiger partial charge in [-0.2, -0.15) is 0 Å². The Morgan fingerprint density at radius 1 is 1.23 bits per heavy atom. The Morgan fingerprint density at radius 2 is 2.00 bits per heavy atom. The topological polar surface area (TPSA) is 117 Å². The van der Waals surface area contributed by atoms with Crippen LogP contribution in [0.3, 0.4) is 0 Å². The Morgan fingerprint density at radius 3 is 2.73 bits per heavy atom. The minimum Gasteiger partial charge on any atom is -0.505 e. The van der Waals surface area contributed by atoms with Crippen molar-refractivity contribution >= 4 is 17.3 Å². The Balaban J connectivity index is 1.87. The highest BCUT2D eigenvalue weighted by Gasteiger charge is 2.13. The first-order chi connectivity index (χ1) is 10.6. The standard InChI is InChI=1S/C14H14N4O4/c19-12-6-3-7-16-13(12)14(20)17-9-8-15-10-4-1-2-5-11(10)18(21)22/h1-7,15,19H,8-9H2,(H,17,20). The summed E-state index contributed by atoms with van der Waals surface area (Å²) in [6, 6.07) is 9.13. The molecule has 1 aromatic carbocycles. The van der Waals surface area contributed by atoms with Gasteiger partial charge in [0.05, 0.1) is 4.92 Å². The van der Waals surface area contributed by atoms with E-state index in [0.717, 1.165) is 0 Å². The molecule has 1 heterocycles. The molecule has 0 saturated carbocycles. The minimum absolute atomic E-state index is 0.0313. The largest absolute Gasteiger partial charge is 0.505 e. The van der Waals surface area contributed by atoms with Crippen LogP contribution in [0, 0.1) is 10.1 Å². The van der Waals surface area contributed by atoms with Crippen LogP contribution >= 0.6 is 0 Å². The number of hydrogen-bond donors (Lipinski definition) is 3. The molecule has 0 aliphatic rings. The number of aromatic nitrogens is 1. The lowest BCUT2D eigenvalue weighted by atomic mass is 10.2. The average Bonchev–Trinajstić information content (AvgIpc) is 2.52. The smallest absolute Gasteiger partial charge is 0.292 e. The maximum Gasteiger partial charge on any atom is 0.292 e. The van der Waals surface area contributed by atoms with Crippen molar-refractivity contribution in [2.45, 2.75) is 0 Å². The molecule has 22 heavy (non-hydrogen) atoms. The molecule has 3 N–H and O–H groups in total. The molecule has 0 aliphatic heterocycles. The summed E-state index contributed by atoms with van der Waals surface area (Å²) in [4.78, 5) is 25.9. The second-order valence-electron chi connectivity index (χ2n) is 4.33. The summed E-state index contributed by atoms with van der Waals surface area (Å²) in [6.45, 7) is 0.519. The van der Waals surface area contributed by atoms with Crippen molar-refractivity contribution in [2.75, 3.05) is 18.4 Å². The summed E-state index contributed by atoms with van der Waals surface area (Å²) in [5.41, 5.74) is 0.284. The Bertz CT molecular complexity index is 690. The molecular weight excluding hydrogens is 288 g/mol. The van der Waals surface area contributed by atoms with Gasteiger partial charge in [0, 0.05) is 25.4 Å². The summed E-state index contributed by atoms with van der Waals surface area (Å²) >= 11 is 0. The number of rotatable bonds is 6. The first-order valence-electron chi connectivity index (χ1n) is 6.49. The van der Waals surface area contributed by atoms with E-state index in [0.29, 0.717) is 12.2 Å². The van der Waals surface area contributed by atoms with Crippen LogP contribution in [0.15, 0.2) is 42.6 Å². The maximum absolute atomic E-state index is 11.8. The molecule has 0 bridgehead atoms. The molecule has 2 rings (SSSR count). The van der Waals surface area contributed by atoms with Crippen LogP contribution in [0.2, 0.25) is 0 Å². The number of anilines is 1. The second-order valence-corrected chi connectivity index (χ2v) is 4.33. The van der Waals surface area contributed by atoms with Crippen LogP contribution in [0.25, 0.3) is 0 Å². The van der Waals surface area contributed by atoms with Gasteiger partial charge in [-0.15, -0.1) is 0 Å². The van der Waals surface area contributed by atoms with Crippen molar-refractivity contribution in [1.29, 1.82) is 0 Å². The van der Waals surface area contributed by atoms with Gasteiger partial charge in [-0.1, -0.05) is 12.1 Å². The van der Waals surface area contributed by atoms with E-state index in [2.05, 4.69) is 15.6 Å². The van der Waals surface area contributed by atoms with Crippen LogP contribution in [0.1, 0.15) is 10.5 Å². The number of pyridine rings is 1. The van der Waals surface area contributed by atoms with Crippen LogP contribution in [-0.4, -0.2) is 34.0 Å². The second kappa shape index (κ2) is 7.02. The van der Waals surface area contributed by atoms with Gasteiger partial charge < -0.3 is 15.7 Å². The van der Waals surface area contributed by atoms with Crippen molar-refractivity contribution in [3.8, 4) is 5.75 Å². The number of nitrogens with one attached hydrogen (secondary N) is 2. The first kappa shape index (κ1) is 15.2. The van der Waals surface area contributed by atoms with Gasteiger partial charge in [-0.05, 0) is 18.2 Å². The lowest BCUT2D eigenvalue weighted by Crippen LogP contribution is -2.29. The van der Waals surface area contributed by atoms with Gasteiger partial charge in [0.25, 0.3) is 11.6 Å². The summed E-state index contributed by atoms with van der Waals surface area (Å²) in [5.74, 6) is -0.714. The van der Waals surface area contributed by atoms with E-state index in [4.69, 9.17) is 0 Å². The highest BCUT2D eigenvalue weighted by molar-refractivity contribution is 5.94. The zero-order chi connectivity index (χ0) is 15.9. The number of hydrogen-bond acceptors (Lipinski definition) is 6. The van der Waals surface area contributed by atoms with E-state index >= 15 is 0 Å². The molecule has 2 aromatic rings. The van der Waals surface area contributed by atoms with Crippen LogP contribution in [-0.2, 0) is 0 Å². The van der Waals surface area contributed by atoms with Crippen LogP contribution in [0.5, 0.6) is 5.75 Å². The maximum atomic E-state index is 11.8. The molecule has 1 amide bonds. The molecule has 0 saturated heterocycles. The van der Waals surface area contributed by atoms with Crippen molar-refractivity contribution in [1.82, 2.24) is 10.3 Å². The number of nitro benzene ring substituents is 1. The van der Waals surface area contributed by atoms with E-state index in [9.17, 15) is 20.0 Å². The molecule has 0 aliphatic carbocycles. The van der Waals surface area contributed by atoms with Crippen molar-refractivity contribution < 1.29 is 14.8 Å². The fourth-order valence-corrected chi connectivity index (χ4v) is 1.81. The Hall–Kier alpha value is -3.16. The monoisotopic (exact) mass is 302 g/mol. The normalized spacial score (nSPS) is 10.0. The van der Waals surface area contributed by atoms with E-state index in [1.54, 1.807) is 18.2 Å². The van der Waals surface area contributed by atoms with E-state index in [1.807, 2.05) is 0 Å². The van der Waals surface area contributed by atoms with Gasteiger partial charge in [0.2, 0.25) is 0 Å². The number of nitrogens with zero attached hydrogens (tertiary/aromatic N) is 2. The quantitative estimate of drug-likeness (QED) is 0.423. The number of para-hydroxylation sites is 2. The lowest BCUT2D eigenvalue weighted by molar-refractivity contribution is -0.384. The molecule has 1 aromatic heterocycles. The minimum atomic E-state index is -0.512. The molecule has 0 radical (unpaired) electrons. The number of carbonyl (C=O) groups is 1. The Labute approximate surface area is 126 Å². The SMILES string of the molecule is O=C(NCCNc1ccccc1[N+](=O)[O-])c1ncccc1O. The van der Waals surface area contributed by atoms with Crippen molar-refractivity contribution in [2.24, 2.45) is 0 Å². The van der Waals surface area contributed by atoms with Gasteiger partial charge in [-0.3, -0.25) is 14.9 Å². The fraction of sp³-hybridized carbons (Fsp3) is 0.143. The highest BCUT2D eigenvalue weighted by atomic mass is 16.6. The van der Waals surface area contributed by atoms with E-state index in [-0.39, 0.29) is 23.7 Å². The van der Waals surface area contributed by atoms with Gasteiger partial charge in [0.1, 0.15) is 11.4 Å². The number of amides is 1. The summed E-state index contributed by atoms with van der Waals surface area (Å²) in [7, 11) is 0. The van der Waals surface area contributed by atoms with Crippen molar-refractivity contribution in [3.63, 3.8) is 0 Å². The predicted molar refractivity (Wildman–Crippen MR) is 79.8 cm³/mol. The molecule has 8 heteroatoms. The summed E-state index contributed by atoms with van der Waals surface area (Å²) in [5, 5.41) is 25.8. The molecule has 0 unspecified atom stereocenters. The molecule has 0 fully saturated rings. The number of carbonyl (C=O) groups excluding carboxylic acids is 1. The average molecular weight is 302 g/mol. The number of benzene rings is 1. The lowest BCUT2D eigenvalue weighted by Gasteiger charge is -2.08. The fourth-order valence-electron chi connectivity index (χ4n) is 1.81. The first-order valence-corrected chi connectivity index (χ1v) is 6.49. The zero-order valence-electron chi connectivity index (χ0n) is 11.5. The third-order valence-electron chi connectivity index (χ3n) is 2.83. The molecule has 0 atom stereocenters. The summed E-state index contributed by atoms with van der Waals surface area (Å²) < 4.78 is 0. The highest BCUT2D eigenvalue weighted by Crippen LogP contribution is 2.22. The summed E-state index contributed by atoms with van der Waals surface area (Å²) in [6.07, 6.45) is 1.40. The molecular formula is C14H14N4O4. The zero-order valence-corrected chi connectivity index (χ0v) is 11.5. The van der Waals surface area contributed by atoms with Gasteiger partial charge >= 0.3 is 0 Å². The van der Waals surface area contributed by atoms with Crippen LogP contribution < -0.4 is 10.6 Å². The third-order valence-corrected chi connectivity index (χ3v) is 2.83. The Kier molecular flexibility index (Phi) is 4.86. The van der Waals surface area contributed by atoms with Crippen LogP contribution in [0.4, 0.5) is 11.4 Å². The van der Waals surface area contributed by atoms with Gasteiger partial charge in [0.15, 0.2) is 5.69 Å². The predicted octanol–water partition coefficient (Wildman–Crippen LogP) is 1.54. The molecule has 114 valence electrons. The van der Waals surface area contributed by atoms with E-state index in [1.165, 1.54) is 24.4 Å². The molecule has 0 spiro atoms. The third kappa shape index (κ3) is 3.69.